The van der Waals surface area contributed by atoms with Crippen LogP contribution in [0, 0.1) is 11.8 Å². The van der Waals surface area contributed by atoms with E-state index in [-0.39, 0.29) is 11.8 Å². The molecule has 0 bridgehead atoms. The number of carbonyl (C=O) groups is 1. The Bertz CT molecular complexity index is 432. The predicted octanol–water partition coefficient (Wildman–Crippen LogP) is 1.04. The fourth-order valence-electron chi connectivity index (χ4n) is 1.96. The minimum absolute atomic E-state index is 0.0244. The number of amides is 1. The third kappa shape index (κ3) is 6.08. The first-order valence-electron chi connectivity index (χ1n) is 7.38. The van der Waals surface area contributed by atoms with Crippen LogP contribution in [-0.4, -0.2) is 43.1 Å². The molecule has 0 aliphatic carbocycles. The molecule has 1 atom stereocenters. The van der Waals surface area contributed by atoms with Crippen molar-refractivity contribution in [2.75, 3.05) is 32.1 Å². The van der Waals surface area contributed by atoms with Gasteiger partial charge in [-0.15, -0.1) is 0 Å². The fourth-order valence-corrected chi connectivity index (χ4v) is 1.96. The lowest BCUT2D eigenvalue weighted by atomic mass is 10.1. The maximum atomic E-state index is 11.5. The van der Waals surface area contributed by atoms with E-state index < -0.39 is 0 Å². The van der Waals surface area contributed by atoms with E-state index in [1.807, 2.05) is 31.3 Å². The molecule has 0 spiro atoms. The van der Waals surface area contributed by atoms with Gasteiger partial charge in [-0.05, 0) is 12.5 Å². The van der Waals surface area contributed by atoms with Crippen LogP contribution >= 0.6 is 0 Å². The molecule has 1 aromatic rings. The molecule has 2 N–H and O–H groups in total. The lowest BCUT2D eigenvalue weighted by Gasteiger charge is -2.20. The number of carbonyl (C=O) groups excluding carboxylic acids is 1. The first kappa shape index (κ1) is 17.4. The summed E-state index contributed by atoms with van der Waals surface area (Å²) in [6.45, 7) is 8.58. The second kappa shape index (κ2) is 8.56. The van der Waals surface area contributed by atoms with Crippen molar-refractivity contribution in [3.63, 3.8) is 0 Å². The number of rotatable bonds is 8. The number of aromatic nitrogens is 2. The van der Waals surface area contributed by atoms with Crippen LogP contribution in [0.25, 0.3) is 0 Å². The SMILES string of the molecule is CNC(=O)C(C)CN(C)c1ncc(CNCC(C)C)cn1. The van der Waals surface area contributed by atoms with Crippen LogP contribution < -0.4 is 15.5 Å². The Morgan fingerprint density at radius 1 is 1.29 bits per heavy atom. The largest absolute Gasteiger partial charge is 0.359 e. The Morgan fingerprint density at radius 2 is 1.90 bits per heavy atom. The average Bonchev–Trinajstić information content (AvgIpc) is 2.46. The molecular weight excluding hydrogens is 266 g/mol. The zero-order valence-corrected chi connectivity index (χ0v) is 13.7. The van der Waals surface area contributed by atoms with Gasteiger partial charge in [-0.3, -0.25) is 4.79 Å². The number of anilines is 1. The van der Waals surface area contributed by atoms with E-state index in [9.17, 15) is 4.79 Å². The Morgan fingerprint density at radius 3 is 2.43 bits per heavy atom. The highest BCUT2D eigenvalue weighted by molar-refractivity contribution is 5.78. The Balaban J connectivity index is 2.51. The van der Waals surface area contributed by atoms with Gasteiger partial charge in [0.05, 0.1) is 5.92 Å². The van der Waals surface area contributed by atoms with E-state index in [1.165, 1.54) is 0 Å². The second-order valence-corrected chi connectivity index (χ2v) is 5.81. The summed E-state index contributed by atoms with van der Waals surface area (Å²) in [6.07, 6.45) is 3.66. The number of nitrogens with one attached hydrogen (secondary N) is 2. The maximum absolute atomic E-state index is 11.5. The van der Waals surface area contributed by atoms with Crippen molar-refractivity contribution in [2.24, 2.45) is 11.8 Å². The third-order valence-corrected chi connectivity index (χ3v) is 3.16. The van der Waals surface area contributed by atoms with E-state index in [2.05, 4.69) is 34.4 Å². The van der Waals surface area contributed by atoms with E-state index in [1.54, 1.807) is 7.05 Å². The minimum atomic E-state index is -0.101. The number of hydrogen-bond acceptors (Lipinski definition) is 5. The van der Waals surface area contributed by atoms with Crippen LogP contribution in [0.3, 0.4) is 0 Å². The van der Waals surface area contributed by atoms with Gasteiger partial charge in [0.2, 0.25) is 11.9 Å². The lowest BCUT2D eigenvalue weighted by Crippen LogP contribution is -2.35. The summed E-state index contributed by atoms with van der Waals surface area (Å²) >= 11 is 0. The highest BCUT2D eigenvalue weighted by Crippen LogP contribution is 2.08. The van der Waals surface area contributed by atoms with Crippen LogP contribution in [0.2, 0.25) is 0 Å². The van der Waals surface area contributed by atoms with Crippen molar-refractivity contribution in [3.8, 4) is 0 Å². The van der Waals surface area contributed by atoms with E-state index >= 15 is 0 Å². The predicted molar refractivity (Wildman–Crippen MR) is 85.1 cm³/mol. The first-order chi connectivity index (χ1) is 9.93. The van der Waals surface area contributed by atoms with Crippen LogP contribution in [-0.2, 0) is 11.3 Å². The summed E-state index contributed by atoms with van der Waals surface area (Å²) in [7, 11) is 3.54. The Hall–Kier alpha value is -1.69. The number of hydrogen-bond donors (Lipinski definition) is 2. The van der Waals surface area contributed by atoms with Gasteiger partial charge in [-0.25, -0.2) is 9.97 Å². The van der Waals surface area contributed by atoms with Gasteiger partial charge < -0.3 is 15.5 Å². The Labute approximate surface area is 127 Å². The summed E-state index contributed by atoms with van der Waals surface area (Å²) in [4.78, 5) is 22.1. The monoisotopic (exact) mass is 293 g/mol. The molecule has 1 unspecified atom stereocenters. The number of nitrogens with zero attached hydrogens (tertiary/aromatic N) is 3. The molecule has 1 amide bonds. The summed E-state index contributed by atoms with van der Waals surface area (Å²) in [5.74, 6) is 1.19. The van der Waals surface area contributed by atoms with E-state index in [4.69, 9.17) is 0 Å². The molecule has 0 radical (unpaired) electrons. The fraction of sp³-hybridized carbons (Fsp3) is 0.667. The maximum Gasteiger partial charge on any atom is 0.225 e. The lowest BCUT2D eigenvalue weighted by molar-refractivity contribution is -0.123. The van der Waals surface area contributed by atoms with Gasteiger partial charge in [0.1, 0.15) is 0 Å². The molecule has 1 rings (SSSR count). The molecule has 21 heavy (non-hydrogen) atoms. The molecule has 1 heterocycles. The van der Waals surface area contributed by atoms with Crippen LogP contribution in [0.1, 0.15) is 26.3 Å². The average molecular weight is 293 g/mol. The van der Waals surface area contributed by atoms with Crippen molar-refractivity contribution in [2.45, 2.75) is 27.3 Å². The topological polar surface area (TPSA) is 70.2 Å². The molecule has 6 nitrogen and oxygen atoms in total. The molecule has 1 aromatic heterocycles. The second-order valence-electron chi connectivity index (χ2n) is 5.81. The van der Waals surface area contributed by atoms with Gasteiger partial charge in [-0.1, -0.05) is 20.8 Å². The molecule has 0 saturated heterocycles. The Kier molecular flexibility index (Phi) is 7.08. The zero-order chi connectivity index (χ0) is 15.8. The quantitative estimate of drug-likeness (QED) is 0.749. The van der Waals surface area contributed by atoms with Crippen LogP contribution in [0.4, 0.5) is 5.95 Å². The van der Waals surface area contributed by atoms with E-state index in [0.29, 0.717) is 18.4 Å². The van der Waals surface area contributed by atoms with Crippen molar-refractivity contribution in [1.82, 2.24) is 20.6 Å². The highest BCUT2D eigenvalue weighted by atomic mass is 16.1. The van der Waals surface area contributed by atoms with Crippen LogP contribution in [0.15, 0.2) is 12.4 Å². The summed E-state index contributed by atoms with van der Waals surface area (Å²) in [5, 5.41) is 6.01. The molecule has 118 valence electrons. The van der Waals surface area contributed by atoms with Gasteiger partial charge in [0.25, 0.3) is 0 Å². The van der Waals surface area contributed by atoms with Gasteiger partial charge in [-0.2, -0.15) is 0 Å². The molecule has 0 fully saturated rings. The van der Waals surface area contributed by atoms with Gasteiger partial charge >= 0.3 is 0 Å². The highest BCUT2D eigenvalue weighted by Gasteiger charge is 2.15. The molecule has 0 aliphatic rings. The van der Waals surface area contributed by atoms with E-state index in [0.717, 1.165) is 18.7 Å². The molecule has 0 saturated carbocycles. The summed E-state index contributed by atoms with van der Waals surface area (Å²) in [5.41, 5.74) is 1.06. The third-order valence-electron chi connectivity index (χ3n) is 3.16. The van der Waals surface area contributed by atoms with Gasteiger partial charge in [0, 0.05) is 45.1 Å². The molecule has 6 heteroatoms. The first-order valence-corrected chi connectivity index (χ1v) is 7.38. The standard InChI is InChI=1S/C15H27N5O/c1-11(2)6-17-7-13-8-18-15(19-9-13)20(5)10-12(3)14(21)16-4/h8-9,11-12,17H,6-7,10H2,1-5H3,(H,16,21). The summed E-state index contributed by atoms with van der Waals surface area (Å²) in [6, 6.07) is 0. The van der Waals surface area contributed by atoms with Crippen molar-refractivity contribution < 1.29 is 4.79 Å². The van der Waals surface area contributed by atoms with Crippen molar-refractivity contribution in [1.29, 1.82) is 0 Å². The molecule has 0 aliphatic heterocycles. The van der Waals surface area contributed by atoms with Crippen molar-refractivity contribution >= 4 is 11.9 Å². The van der Waals surface area contributed by atoms with Crippen molar-refractivity contribution in [3.05, 3.63) is 18.0 Å². The smallest absolute Gasteiger partial charge is 0.225 e. The van der Waals surface area contributed by atoms with Crippen LogP contribution in [0.5, 0.6) is 0 Å². The molecular formula is C15H27N5O. The van der Waals surface area contributed by atoms with Gasteiger partial charge in [0.15, 0.2) is 0 Å². The normalized spacial score (nSPS) is 12.3. The minimum Gasteiger partial charge on any atom is -0.359 e. The zero-order valence-electron chi connectivity index (χ0n) is 13.7. The summed E-state index contributed by atoms with van der Waals surface area (Å²) < 4.78 is 0. The molecule has 0 aromatic carbocycles.